The van der Waals surface area contributed by atoms with E-state index < -0.39 is 0 Å². The van der Waals surface area contributed by atoms with E-state index in [1.807, 2.05) is 31.2 Å². The van der Waals surface area contributed by atoms with Gasteiger partial charge in [-0.15, -0.1) is 0 Å². The Morgan fingerprint density at radius 3 is 2.52 bits per heavy atom. The van der Waals surface area contributed by atoms with Crippen LogP contribution in [0.15, 0.2) is 42.5 Å². The van der Waals surface area contributed by atoms with E-state index >= 15 is 0 Å². The fourth-order valence-electron chi connectivity index (χ4n) is 2.39. The number of hydrogen-bond donors (Lipinski definition) is 1. The summed E-state index contributed by atoms with van der Waals surface area (Å²) in [6, 6.07) is 12.8. The molecule has 0 spiro atoms. The molecule has 0 unspecified atom stereocenters. The number of amides is 2. The smallest absolute Gasteiger partial charge is 0.244 e. The SMILES string of the molecule is COc1ccc(NC(=O)CN(Cc2ccccc2C)C(C)=O)cc1Cl. The summed E-state index contributed by atoms with van der Waals surface area (Å²) < 4.78 is 5.08. The summed E-state index contributed by atoms with van der Waals surface area (Å²) in [6.07, 6.45) is 0. The summed E-state index contributed by atoms with van der Waals surface area (Å²) in [5.41, 5.74) is 2.64. The molecule has 2 amide bonds. The molecule has 0 aliphatic rings. The average Bonchev–Trinajstić information content (AvgIpc) is 2.56. The Balaban J connectivity index is 2.04. The van der Waals surface area contributed by atoms with Gasteiger partial charge in [0, 0.05) is 19.2 Å². The van der Waals surface area contributed by atoms with Gasteiger partial charge in [-0.05, 0) is 36.2 Å². The summed E-state index contributed by atoms with van der Waals surface area (Å²) in [4.78, 5) is 25.7. The molecule has 2 rings (SSSR count). The van der Waals surface area contributed by atoms with Gasteiger partial charge in [0.15, 0.2) is 0 Å². The van der Waals surface area contributed by atoms with Crippen molar-refractivity contribution in [2.75, 3.05) is 19.0 Å². The molecule has 0 bridgehead atoms. The van der Waals surface area contributed by atoms with E-state index in [0.29, 0.717) is 23.0 Å². The van der Waals surface area contributed by atoms with Gasteiger partial charge >= 0.3 is 0 Å². The van der Waals surface area contributed by atoms with E-state index in [1.54, 1.807) is 18.2 Å². The van der Waals surface area contributed by atoms with Gasteiger partial charge < -0.3 is 15.0 Å². The lowest BCUT2D eigenvalue weighted by Crippen LogP contribution is -2.36. The predicted octanol–water partition coefficient (Wildman–Crippen LogP) is 3.64. The zero-order valence-corrected chi connectivity index (χ0v) is 15.3. The Morgan fingerprint density at radius 1 is 1.20 bits per heavy atom. The van der Waals surface area contributed by atoms with Gasteiger partial charge in [-0.3, -0.25) is 9.59 Å². The second-order valence-corrected chi connectivity index (χ2v) is 6.11. The second-order valence-electron chi connectivity index (χ2n) is 5.70. The molecular weight excluding hydrogens is 340 g/mol. The fraction of sp³-hybridized carbons (Fsp3) is 0.263. The number of rotatable bonds is 6. The van der Waals surface area contributed by atoms with Crippen molar-refractivity contribution in [1.29, 1.82) is 0 Å². The summed E-state index contributed by atoms with van der Waals surface area (Å²) >= 11 is 6.05. The Hall–Kier alpha value is -2.53. The van der Waals surface area contributed by atoms with Crippen molar-refractivity contribution in [3.8, 4) is 5.75 Å². The normalized spacial score (nSPS) is 10.2. The highest BCUT2D eigenvalue weighted by atomic mass is 35.5. The molecule has 2 aromatic carbocycles. The zero-order valence-electron chi connectivity index (χ0n) is 14.5. The van der Waals surface area contributed by atoms with Crippen LogP contribution >= 0.6 is 11.6 Å². The summed E-state index contributed by atoms with van der Waals surface area (Å²) in [6.45, 7) is 3.79. The van der Waals surface area contributed by atoms with Gasteiger partial charge in [-0.2, -0.15) is 0 Å². The first-order chi connectivity index (χ1) is 11.9. The van der Waals surface area contributed by atoms with E-state index in [1.165, 1.54) is 18.9 Å². The lowest BCUT2D eigenvalue weighted by Gasteiger charge is -2.21. The molecule has 0 aromatic heterocycles. The van der Waals surface area contributed by atoms with E-state index in [0.717, 1.165) is 11.1 Å². The van der Waals surface area contributed by atoms with Crippen molar-refractivity contribution in [2.45, 2.75) is 20.4 Å². The van der Waals surface area contributed by atoms with Crippen molar-refractivity contribution in [3.63, 3.8) is 0 Å². The first-order valence-corrected chi connectivity index (χ1v) is 8.22. The molecule has 132 valence electrons. The van der Waals surface area contributed by atoms with Gasteiger partial charge in [0.2, 0.25) is 11.8 Å². The maximum atomic E-state index is 12.3. The van der Waals surface area contributed by atoms with Crippen LogP contribution in [0.25, 0.3) is 0 Å². The molecule has 5 nitrogen and oxygen atoms in total. The van der Waals surface area contributed by atoms with E-state index in [9.17, 15) is 9.59 Å². The lowest BCUT2D eigenvalue weighted by atomic mass is 10.1. The number of ether oxygens (including phenoxy) is 1. The average molecular weight is 361 g/mol. The summed E-state index contributed by atoms with van der Waals surface area (Å²) in [5.74, 6) is 0.0840. The third-order valence-corrected chi connectivity index (χ3v) is 4.13. The van der Waals surface area contributed by atoms with Gasteiger partial charge in [-0.25, -0.2) is 0 Å². The zero-order chi connectivity index (χ0) is 18.4. The molecule has 0 saturated heterocycles. The molecule has 2 aromatic rings. The standard InChI is InChI=1S/C19H21ClN2O3/c1-13-6-4-5-7-15(13)11-22(14(2)23)12-19(24)21-16-8-9-18(25-3)17(20)10-16/h4-10H,11-12H2,1-3H3,(H,21,24). The quantitative estimate of drug-likeness (QED) is 0.855. The number of nitrogens with zero attached hydrogens (tertiary/aromatic N) is 1. The number of anilines is 1. The molecule has 6 heteroatoms. The highest BCUT2D eigenvalue weighted by Crippen LogP contribution is 2.27. The van der Waals surface area contributed by atoms with Crippen LogP contribution in [0.2, 0.25) is 5.02 Å². The van der Waals surface area contributed by atoms with Crippen LogP contribution in [0, 0.1) is 6.92 Å². The van der Waals surface area contributed by atoms with Gasteiger partial charge in [0.25, 0.3) is 0 Å². The Bertz CT molecular complexity index is 777. The summed E-state index contributed by atoms with van der Waals surface area (Å²) in [7, 11) is 1.52. The molecule has 25 heavy (non-hydrogen) atoms. The number of benzene rings is 2. The molecule has 0 heterocycles. The largest absolute Gasteiger partial charge is 0.495 e. The van der Waals surface area contributed by atoms with E-state index in [4.69, 9.17) is 16.3 Å². The topological polar surface area (TPSA) is 58.6 Å². The van der Waals surface area contributed by atoms with Crippen LogP contribution < -0.4 is 10.1 Å². The molecule has 0 saturated carbocycles. The second kappa shape index (κ2) is 8.53. The summed E-state index contributed by atoms with van der Waals surface area (Å²) in [5, 5.41) is 3.15. The highest BCUT2D eigenvalue weighted by Gasteiger charge is 2.15. The molecule has 1 N–H and O–H groups in total. The van der Waals surface area contributed by atoms with E-state index in [-0.39, 0.29) is 18.4 Å². The van der Waals surface area contributed by atoms with Gasteiger partial charge in [0.05, 0.1) is 12.1 Å². The van der Waals surface area contributed by atoms with Gasteiger partial charge in [0.1, 0.15) is 12.3 Å². The predicted molar refractivity (Wildman–Crippen MR) is 98.9 cm³/mol. The molecule has 0 radical (unpaired) electrons. The van der Waals surface area contributed by atoms with Crippen molar-refractivity contribution in [2.24, 2.45) is 0 Å². The molecule has 0 aliphatic heterocycles. The van der Waals surface area contributed by atoms with Crippen LogP contribution in [0.4, 0.5) is 5.69 Å². The maximum absolute atomic E-state index is 12.3. The first-order valence-electron chi connectivity index (χ1n) is 7.84. The molecular formula is C19H21ClN2O3. The minimum Gasteiger partial charge on any atom is -0.495 e. The Kier molecular flexibility index (Phi) is 6.42. The van der Waals surface area contributed by atoms with Crippen molar-refractivity contribution in [3.05, 3.63) is 58.6 Å². The number of methoxy groups -OCH3 is 1. The number of carbonyl (C=O) groups is 2. The monoisotopic (exact) mass is 360 g/mol. The number of carbonyl (C=O) groups excluding carboxylic acids is 2. The van der Waals surface area contributed by atoms with Crippen LogP contribution in [0.1, 0.15) is 18.1 Å². The molecule has 0 atom stereocenters. The highest BCUT2D eigenvalue weighted by molar-refractivity contribution is 6.32. The van der Waals surface area contributed by atoms with Gasteiger partial charge in [-0.1, -0.05) is 35.9 Å². The number of nitrogens with one attached hydrogen (secondary N) is 1. The van der Waals surface area contributed by atoms with Crippen molar-refractivity contribution in [1.82, 2.24) is 4.90 Å². The maximum Gasteiger partial charge on any atom is 0.244 e. The number of halogens is 1. The number of hydrogen-bond acceptors (Lipinski definition) is 3. The Labute approximate surface area is 152 Å². The third-order valence-electron chi connectivity index (χ3n) is 3.84. The van der Waals surface area contributed by atoms with Crippen LogP contribution in [0.5, 0.6) is 5.75 Å². The lowest BCUT2D eigenvalue weighted by molar-refractivity contribution is -0.133. The van der Waals surface area contributed by atoms with Crippen molar-refractivity contribution >= 4 is 29.1 Å². The number of aryl methyl sites for hydroxylation is 1. The van der Waals surface area contributed by atoms with Crippen molar-refractivity contribution < 1.29 is 14.3 Å². The molecule has 0 aliphatic carbocycles. The van der Waals surface area contributed by atoms with Crippen LogP contribution in [-0.2, 0) is 16.1 Å². The van der Waals surface area contributed by atoms with Crippen LogP contribution in [0.3, 0.4) is 0 Å². The minimum atomic E-state index is -0.287. The molecule has 0 fully saturated rings. The van der Waals surface area contributed by atoms with Crippen LogP contribution in [-0.4, -0.2) is 30.4 Å². The minimum absolute atomic E-state index is 0.0344. The third kappa shape index (κ3) is 5.22. The Morgan fingerprint density at radius 2 is 1.92 bits per heavy atom. The van der Waals surface area contributed by atoms with E-state index in [2.05, 4.69) is 5.32 Å². The first kappa shape index (κ1) is 18.8. The fourth-order valence-corrected chi connectivity index (χ4v) is 2.65.